The first-order valence-electron chi connectivity index (χ1n) is 40.4. The van der Waals surface area contributed by atoms with Crippen LogP contribution in [-0.2, 0) is 85.2 Å². The maximum atomic E-state index is 14.9. The molecule has 0 fully saturated rings. The van der Waals surface area contributed by atoms with Crippen molar-refractivity contribution >= 4 is 35.3 Å². The fourth-order valence-corrected chi connectivity index (χ4v) is 12.1. The number of carbonyl (C=O) groups is 2. The fraction of sp³-hybridized carbons (Fsp3) is 0.378. The van der Waals surface area contributed by atoms with Crippen LogP contribution in [0.5, 0.6) is 0 Å². The van der Waals surface area contributed by atoms with Gasteiger partial charge in [-0.25, -0.2) is 8.78 Å². The second-order valence-electron chi connectivity index (χ2n) is 22.0. The Morgan fingerprint density at radius 3 is 1.40 bits per heavy atom. The summed E-state index contributed by atoms with van der Waals surface area (Å²) in [7, 11) is 0. The topological polar surface area (TPSA) is 117 Å². The summed E-state index contributed by atoms with van der Waals surface area (Å²) in [6, 6.07) is 12.8. The third-order valence-corrected chi connectivity index (χ3v) is 17.3. The normalized spacial score (nSPS) is 16.9. The fourth-order valence-electron chi connectivity index (χ4n) is 10.6. The molecule has 0 radical (unpaired) electrons. The Kier molecular flexibility index (Phi) is 17.0. The number of likely N-dealkylation sites (N-methyl/N-ethyl adjacent to an activating group) is 2. The summed E-state index contributed by atoms with van der Waals surface area (Å²) in [5.41, 5.74) is -7.80. The number of thioether (sulfide) groups is 2. The van der Waals surface area contributed by atoms with Gasteiger partial charge in [-0.05, 0) is 183 Å². The van der Waals surface area contributed by atoms with Gasteiger partial charge in [0.25, 0.3) is 11.1 Å². The van der Waals surface area contributed by atoms with E-state index in [2.05, 4.69) is 9.97 Å². The number of halogens is 8. The van der Waals surface area contributed by atoms with Crippen LogP contribution < -0.4 is 11.1 Å². The molecule has 6 aromatic carbocycles. The van der Waals surface area contributed by atoms with Gasteiger partial charge in [0.05, 0.1) is 24.8 Å². The Labute approximate surface area is 591 Å². The second kappa shape index (κ2) is 32.9. The molecule has 2 aliphatic rings. The molecule has 22 heteroatoms. The number of carbonyl (C=O) groups excluding carboxylic acids is 2. The van der Waals surface area contributed by atoms with Gasteiger partial charge in [0.2, 0.25) is 11.8 Å². The molecule has 2 heterocycles. The van der Waals surface area contributed by atoms with Crippen LogP contribution in [-0.4, -0.2) is 103 Å². The number of hydrogen-bond acceptors (Lipinski definition) is 10. The highest BCUT2D eigenvalue weighted by molar-refractivity contribution is 7.98. The molecule has 0 saturated carbocycles. The Morgan fingerprint density at radius 2 is 0.969 bits per heavy atom. The Hall–Kier alpha value is -7.92. The van der Waals surface area contributed by atoms with Crippen molar-refractivity contribution in [2.75, 3.05) is 52.2 Å². The molecule has 2 aromatic heterocycles. The minimum absolute atomic E-state index is 0.0131. The molecule has 0 N–H and O–H groups in total. The average Bonchev–Trinajstić information content (AvgIpc) is 0.823. The van der Waals surface area contributed by atoms with Gasteiger partial charge in [-0.2, -0.15) is 36.3 Å². The van der Waals surface area contributed by atoms with Crippen molar-refractivity contribution in [1.82, 2.24) is 38.7 Å². The largest absolute Gasteiger partial charge is 0.416 e. The van der Waals surface area contributed by atoms with Crippen LogP contribution in [0, 0.1) is 25.5 Å². The van der Waals surface area contributed by atoms with Crippen LogP contribution in [0.1, 0.15) is 135 Å². The molecule has 0 saturated heterocycles. The molecule has 0 bridgehead atoms. The highest BCUT2D eigenvalue weighted by Crippen LogP contribution is 2.35. The summed E-state index contributed by atoms with van der Waals surface area (Å²) in [6.07, 6.45) is -7.22. The highest BCUT2D eigenvalue weighted by Gasteiger charge is 2.32. The van der Waals surface area contributed by atoms with Crippen molar-refractivity contribution in [3.05, 3.63) is 233 Å². The number of rotatable bonds is 26. The molecule has 0 atom stereocenters. The molecule has 0 unspecified atom stereocenters. The van der Waals surface area contributed by atoms with Gasteiger partial charge in [0.15, 0.2) is 10.3 Å². The Balaban J connectivity index is 0.000000265. The average molecular weight is 1380 g/mol. The summed E-state index contributed by atoms with van der Waals surface area (Å²) < 4.78 is 287. The number of alkyl halides is 6. The second-order valence-corrected chi connectivity index (χ2v) is 23.5. The molecule has 12 nitrogen and oxygen atoms in total. The molecule has 10 rings (SSSR count). The molecule has 8 aromatic rings. The van der Waals surface area contributed by atoms with Crippen LogP contribution in [0.25, 0.3) is 22.3 Å². The van der Waals surface area contributed by atoms with Crippen LogP contribution in [0.3, 0.4) is 0 Å². The highest BCUT2D eigenvalue weighted by atomic mass is 32.2. The van der Waals surface area contributed by atoms with E-state index in [0.29, 0.717) is 60.5 Å². The number of nitrogens with zero attached hydrogens (tertiary/aromatic N) is 8. The molecule has 96 heavy (non-hydrogen) atoms. The third-order valence-electron chi connectivity index (χ3n) is 15.6. The van der Waals surface area contributed by atoms with Gasteiger partial charge >= 0.3 is 12.4 Å². The molecule has 0 spiro atoms. The predicted octanol–water partition coefficient (Wildman–Crippen LogP) is 15.1. The summed E-state index contributed by atoms with van der Waals surface area (Å²) in [6.45, 7) is -9.80. The van der Waals surface area contributed by atoms with Gasteiger partial charge < -0.3 is 28.7 Å². The number of amides is 2. The van der Waals surface area contributed by atoms with Crippen molar-refractivity contribution in [3.8, 4) is 22.3 Å². The summed E-state index contributed by atoms with van der Waals surface area (Å²) in [4.78, 5) is 66.8. The lowest BCUT2D eigenvalue weighted by Crippen LogP contribution is -2.40. The molecular formula is C74H80F8N8O4S2. The van der Waals surface area contributed by atoms with E-state index in [1.54, 1.807) is 0 Å². The SMILES string of the molecule is [2H]c1c([2H])c(-c2ccc(C(F)(F)F)cc2)c(C)c([2H])c1CN(CCN(C([2H])([2H])C)C([2H])([2H])C)C(=O)Cn1c(SC([2H])([2H])c2ccc(F)cc2)nc(=O)c2c1CCC2.[2H]c1c([2H])c(C([2H])([2H])N(C(=O)Cn2c(SC([2H])([2H])c3ccc(F)cc3)nc(=O)c3c2CCC3)C([2H])([2H])C([2H])([2H])N(CC)CC)c([2H])c(C)c1-c1ccc(C(F)(F)F)cc1. The van der Waals surface area contributed by atoms with Gasteiger partial charge in [-0.1, -0.05) is 136 Å². The monoisotopic (exact) mass is 1380 g/mol. The van der Waals surface area contributed by atoms with Crippen molar-refractivity contribution < 1.29 is 72.1 Å². The summed E-state index contributed by atoms with van der Waals surface area (Å²) >= 11 is 0.922. The summed E-state index contributed by atoms with van der Waals surface area (Å²) in [5.74, 6) is -3.41. The minimum atomic E-state index is -4.69. The van der Waals surface area contributed by atoms with E-state index in [4.69, 9.17) is 21.9 Å². The molecule has 2 amide bonds. The number of benzene rings is 6. The van der Waals surface area contributed by atoms with Crippen LogP contribution in [0.4, 0.5) is 35.1 Å². The van der Waals surface area contributed by atoms with Gasteiger partial charge in [-0.15, -0.1) is 0 Å². The van der Waals surface area contributed by atoms with Crippen molar-refractivity contribution in [2.45, 2.75) is 140 Å². The van der Waals surface area contributed by atoms with Crippen LogP contribution in [0.2, 0.25) is 0 Å². The first kappa shape index (κ1) is 49.6. The zero-order valence-electron chi connectivity index (χ0n) is 73.0. The number of aromatic nitrogens is 4. The zero-order valence-corrected chi connectivity index (χ0v) is 54.6. The van der Waals surface area contributed by atoms with Gasteiger partial charge in [-0.3, -0.25) is 19.2 Å². The van der Waals surface area contributed by atoms with E-state index < -0.39 is 157 Å². The molecule has 2 aliphatic carbocycles. The molecule has 0 aliphatic heterocycles. The molecule has 508 valence electrons. The van der Waals surface area contributed by atoms with Gasteiger partial charge in [0.1, 0.15) is 24.7 Å². The quantitative estimate of drug-likeness (QED) is 0.0295. The smallest absolute Gasteiger partial charge is 0.336 e. The zero-order chi connectivity index (χ0) is 86.6. The Bertz CT molecular complexity index is 5080. The standard InChI is InChI=1S/2C37H40F4N4O2S/c2*1-4-43(5-2)19-20-44(22-27-11-18-31(25(3)21-27)28-12-14-29(15-13-28)37(39,40)41)34(46)23-45-33-8-6-7-32(33)35(47)42-36(45)48-24-26-9-16-30(38)17-10-26/h2*9-18,21H,4-8,19-20,22-24H2,1-3H3/i11D,18D,19D2,20D2,21D,22D2,24D2;4D2,5D2,11D,18D,21D,24D2. The minimum Gasteiger partial charge on any atom is -0.336 e. The van der Waals surface area contributed by atoms with E-state index in [1.165, 1.54) is 56.5 Å². The van der Waals surface area contributed by atoms with Crippen molar-refractivity contribution in [2.24, 2.45) is 0 Å². The first-order valence-corrected chi connectivity index (χ1v) is 32.0. The lowest BCUT2D eigenvalue weighted by molar-refractivity contribution is -0.138. The lowest BCUT2D eigenvalue weighted by Gasteiger charge is -2.28. The van der Waals surface area contributed by atoms with E-state index in [-0.39, 0.29) is 122 Å². The predicted molar refractivity (Wildman–Crippen MR) is 363 cm³/mol. The van der Waals surface area contributed by atoms with E-state index in [9.17, 15) is 59.8 Å². The van der Waals surface area contributed by atoms with Crippen molar-refractivity contribution in [1.29, 1.82) is 0 Å². The third kappa shape index (κ3) is 18.8. The van der Waals surface area contributed by atoms with Gasteiger partial charge in [0, 0.05) is 86.8 Å². The maximum absolute atomic E-state index is 14.9. The van der Waals surface area contributed by atoms with E-state index in [1.807, 2.05) is 0 Å². The number of hydrogen-bond donors (Lipinski definition) is 0. The van der Waals surface area contributed by atoms with Crippen LogP contribution >= 0.6 is 23.5 Å². The van der Waals surface area contributed by atoms with Crippen molar-refractivity contribution in [3.63, 3.8) is 0 Å². The Morgan fingerprint density at radius 1 is 0.542 bits per heavy atom. The maximum Gasteiger partial charge on any atom is 0.416 e. The first-order chi connectivity index (χ1) is 53.5. The summed E-state index contributed by atoms with van der Waals surface area (Å²) in [5, 5.41) is -0.522. The lowest BCUT2D eigenvalue weighted by atomic mass is 9.97. The number of fused-ring (bicyclic) bond motifs is 2. The molecular weight excluding hydrogens is 1280 g/mol. The van der Waals surface area contributed by atoms with E-state index >= 15 is 0 Å². The van der Waals surface area contributed by atoms with E-state index in [0.717, 1.165) is 106 Å². The van der Waals surface area contributed by atoms with Crippen LogP contribution in [0.15, 0.2) is 153 Å².